The summed E-state index contributed by atoms with van der Waals surface area (Å²) in [5.41, 5.74) is 0.679. The highest BCUT2D eigenvalue weighted by Gasteiger charge is 2.35. The van der Waals surface area contributed by atoms with Crippen LogP contribution in [-0.4, -0.2) is 21.3 Å². The standard InChI is InChI=1S/C23H28F3N3O2/c1-6-8-15(9-7-2)18-12-14(3)29-20(18)22(30)28(4)21(27-29)17-11-10-16(31-5)13-19(17)23(24,25)26/h10-13,15H,6-9H2,1-5H3. The van der Waals surface area contributed by atoms with Gasteiger partial charge in [-0.25, -0.2) is 4.52 Å². The zero-order chi connectivity index (χ0) is 22.9. The number of rotatable bonds is 7. The topological polar surface area (TPSA) is 48.5 Å². The predicted octanol–water partition coefficient (Wildman–Crippen LogP) is 5.72. The molecule has 0 saturated heterocycles. The van der Waals surface area contributed by atoms with Crippen molar-refractivity contribution in [2.24, 2.45) is 7.05 Å². The van der Waals surface area contributed by atoms with Crippen molar-refractivity contribution in [1.82, 2.24) is 14.2 Å². The molecule has 31 heavy (non-hydrogen) atoms. The van der Waals surface area contributed by atoms with Crippen molar-refractivity contribution in [2.45, 2.75) is 58.5 Å². The van der Waals surface area contributed by atoms with Crippen molar-refractivity contribution < 1.29 is 17.9 Å². The summed E-state index contributed by atoms with van der Waals surface area (Å²) in [4.78, 5) is 13.3. The molecule has 2 aromatic heterocycles. The van der Waals surface area contributed by atoms with Gasteiger partial charge in [-0.15, -0.1) is 5.10 Å². The van der Waals surface area contributed by atoms with E-state index in [2.05, 4.69) is 18.9 Å². The highest BCUT2D eigenvalue weighted by atomic mass is 19.4. The summed E-state index contributed by atoms with van der Waals surface area (Å²) >= 11 is 0. The summed E-state index contributed by atoms with van der Waals surface area (Å²) in [7, 11) is 2.78. The Balaban J connectivity index is 2.31. The van der Waals surface area contributed by atoms with Gasteiger partial charge in [-0.3, -0.25) is 9.36 Å². The van der Waals surface area contributed by atoms with E-state index in [1.165, 1.54) is 35.4 Å². The second-order valence-corrected chi connectivity index (χ2v) is 7.87. The maximum atomic E-state index is 13.8. The smallest absolute Gasteiger partial charge is 0.417 e. The molecule has 0 aliphatic rings. The minimum Gasteiger partial charge on any atom is -0.497 e. The number of hydrogen-bond acceptors (Lipinski definition) is 3. The number of ether oxygens (including phenoxy) is 1. The molecule has 2 heterocycles. The third kappa shape index (κ3) is 4.20. The van der Waals surface area contributed by atoms with Crippen LogP contribution in [0.2, 0.25) is 0 Å². The van der Waals surface area contributed by atoms with Crippen molar-refractivity contribution in [3.63, 3.8) is 0 Å². The van der Waals surface area contributed by atoms with Crippen molar-refractivity contribution in [3.05, 3.63) is 51.4 Å². The van der Waals surface area contributed by atoms with Crippen molar-refractivity contribution in [3.8, 4) is 17.1 Å². The molecule has 0 bridgehead atoms. The van der Waals surface area contributed by atoms with E-state index in [1.807, 2.05) is 13.0 Å². The van der Waals surface area contributed by atoms with Gasteiger partial charge in [0.1, 0.15) is 11.3 Å². The number of alkyl halides is 3. The molecule has 0 radical (unpaired) electrons. The number of hydrogen-bond donors (Lipinski definition) is 0. The van der Waals surface area contributed by atoms with Gasteiger partial charge in [-0.2, -0.15) is 13.2 Å². The van der Waals surface area contributed by atoms with Gasteiger partial charge in [0.15, 0.2) is 5.82 Å². The number of methoxy groups -OCH3 is 1. The molecule has 0 spiro atoms. The summed E-state index contributed by atoms with van der Waals surface area (Å²) in [5.74, 6) is 0.259. The first-order valence-corrected chi connectivity index (χ1v) is 10.5. The van der Waals surface area contributed by atoms with Gasteiger partial charge in [0.25, 0.3) is 5.56 Å². The molecule has 168 valence electrons. The summed E-state index contributed by atoms with van der Waals surface area (Å²) in [6, 6.07) is 5.61. The Morgan fingerprint density at radius 2 is 1.77 bits per heavy atom. The van der Waals surface area contributed by atoms with Crippen LogP contribution in [0.3, 0.4) is 0 Å². The zero-order valence-electron chi connectivity index (χ0n) is 18.5. The van der Waals surface area contributed by atoms with Crippen molar-refractivity contribution >= 4 is 5.52 Å². The Morgan fingerprint density at radius 3 is 2.32 bits per heavy atom. The van der Waals surface area contributed by atoms with Gasteiger partial charge in [0.2, 0.25) is 0 Å². The molecule has 0 amide bonds. The van der Waals surface area contributed by atoms with E-state index < -0.39 is 11.7 Å². The SMILES string of the molecule is CCCC(CCC)c1cc(C)n2nc(-c3ccc(OC)cc3C(F)(F)F)n(C)c(=O)c12. The van der Waals surface area contributed by atoms with Crippen LogP contribution in [0.4, 0.5) is 13.2 Å². The third-order valence-electron chi connectivity index (χ3n) is 5.69. The molecule has 3 rings (SSSR count). The molecular weight excluding hydrogens is 407 g/mol. The molecule has 0 N–H and O–H groups in total. The second kappa shape index (κ2) is 8.77. The molecule has 0 saturated carbocycles. The van der Waals surface area contributed by atoms with Gasteiger partial charge in [-0.1, -0.05) is 26.7 Å². The first-order valence-electron chi connectivity index (χ1n) is 10.5. The second-order valence-electron chi connectivity index (χ2n) is 7.87. The lowest BCUT2D eigenvalue weighted by atomic mass is 9.91. The van der Waals surface area contributed by atoms with Gasteiger partial charge < -0.3 is 4.74 Å². The van der Waals surface area contributed by atoms with Gasteiger partial charge >= 0.3 is 6.18 Å². The minimum atomic E-state index is -4.62. The predicted molar refractivity (Wildman–Crippen MR) is 115 cm³/mol. The number of aryl methyl sites for hydroxylation is 1. The Morgan fingerprint density at radius 1 is 1.13 bits per heavy atom. The van der Waals surface area contributed by atoms with Gasteiger partial charge in [0, 0.05) is 18.3 Å². The van der Waals surface area contributed by atoms with E-state index in [0.717, 1.165) is 43.0 Å². The molecule has 8 heteroatoms. The average Bonchev–Trinajstić information content (AvgIpc) is 3.05. The highest BCUT2D eigenvalue weighted by molar-refractivity contribution is 5.66. The monoisotopic (exact) mass is 435 g/mol. The molecule has 0 unspecified atom stereocenters. The molecule has 0 atom stereocenters. The fourth-order valence-electron chi connectivity index (χ4n) is 4.19. The van der Waals surface area contributed by atoms with Crippen LogP contribution < -0.4 is 10.3 Å². The highest BCUT2D eigenvalue weighted by Crippen LogP contribution is 2.38. The van der Waals surface area contributed by atoms with Gasteiger partial charge in [-0.05, 0) is 55.5 Å². The van der Waals surface area contributed by atoms with Crippen molar-refractivity contribution in [1.29, 1.82) is 0 Å². The molecule has 5 nitrogen and oxygen atoms in total. The van der Waals surface area contributed by atoms with Gasteiger partial charge in [0.05, 0.1) is 12.7 Å². The minimum absolute atomic E-state index is 0.0414. The molecule has 3 aromatic rings. The van der Waals surface area contributed by atoms with Crippen molar-refractivity contribution in [2.75, 3.05) is 7.11 Å². The lowest BCUT2D eigenvalue weighted by molar-refractivity contribution is -0.137. The quantitative estimate of drug-likeness (QED) is 0.477. The largest absolute Gasteiger partial charge is 0.497 e. The number of benzene rings is 1. The number of halogens is 3. The fourth-order valence-corrected chi connectivity index (χ4v) is 4.19. The Hall–Kier alpha value is -2.77. The normalized spacial score (nSPS) is 12.2. The summed E-state index contributed by atoms with van der Waals surface area (Å²) in [6.07, 6.45) is -0.786. The van der Waals surface area contributed by atoms with E-state index in [-0.39, 0.29) is 28.6 Å². The number of nitrogens with zero attached hydrogens (tertiary/aromatic N) is 3. The van der Waals surface area contributed by atoms with Crippen LogP contribution in [0.1, 0.15) is 62.3 Å². The van der Waals surface area contributed by atoms with E-state index >= 15 is 0 Å². The molecule has 0 fully saturated rings. The summed E-state index contributed by atoms with van der Waals surface area (Å²) in [5, 5.41) is 4.50. The lowest BCUT2D eigenvalue weighted by Gasteiger charge is -2.17. The maximum absolute atomic E-state index is 13.8. The Bertz CT molecular complexity index is 1140. The third-order valence-corrected chi connectivity index (χ3v) is 5.69. The van der Waals surface area contributed by atoms with E-state index in [4.69, 9.17) is 4.74 Å². The Labute approximate surface area is 179 Å². The number of fused-ring (bicyclic) bond motifs is 1. The first kappa shape index (κ1) is 22.9. The van der Waals surface area contributed by atoms with Crippen LogP contribution in [0.5, 0.6) is 5.75 Å². The lowest BCUT2D eigenvalue weighted by Crippen LogP contribution is -2.25. The zero-order valence-corrected chi connectivity index (χ0v) is 18.5. The molecule has 0 aliphatic carbocycles. The average molecular weight is 435 g/mol. The number of aromatic nitrogens is 3. The summed E-state index contributed by atoms with van der Waals surface area (Å²) in [6.45, 7) is 6.02. The Kier molecular flexibility index (Phi) is 6.48. The van der Waals surface area contributed by atoms with Crippen LogP contribution >= 0.6 is 0 Å². The maximum Gasteiger partial charge on any atom is 0.417 e. The van der Waals surface area contributed by atoms with Crippen LogP contribution in [-0.2, 0) is 13.2 Å². The molecule has 0 aliphatic heterocycles. The van der Waals surface area contributed by atoms with E-state index in [9.17, 15) is 18.0 Å². The molecule has 1 aromatic carbocycles. The van der Waals surface area contributed by atoms with Crippen LogP contribution in [0, 0.1) is 6.92 Å². The van der Waals surface area contributed by atoms with Crippen LogP contribution in [0.15, 0.2) is 29.1 Å². The first-order chi connectivity index (χ1) is 14.6. The van der Waals surface area contributed by atoms with Crippen LogP contribution in [0.25, 0.3) is 16.9 Å². The molecular formula is C23H28F3N3O2. The fraction of sp³-hybridized carbons (Fsp3) is 0.478. The van der Waals surface area contributed by atoms with E-state index in [0.29, 0.717) is 5.52 Å². The summed E-state index contributed by atoms with van der Waals surface area (Å²) < 4.78 is 49.0. The van der Waals surface area contributed by atoms with E-state index in [1.54, 1.807) is 0 Å².